The lowest BCUT2D eigenvalue weighted by molar-refractivity contribution is 0.0953. The third kappa shape index (κ3) is 3.50. The van der Waals surface area contributed by atoms with E-state index < -0.39 is 0 Å². The van der Waals surface area contributed by atoms with Gasteiger partial charge in [-0.1, -0.05) is 6.92 Å². The van der Waals surface area contributed by atoms with E-state index in [0.717, 1.165) is 35.8 Å². The first-order valence-electron chi connectivity index (χ1n) is 6.39. The molecule has 18 heavy (non-hydrogen) atoms. The molecule has 4 heteroatoms. The molecule has 0 bridgehead atoms. The first kappa shape index (κ1) is 13.4. The second-order valence-corrected chi connectivity index (χ2v) is 5.47. The number of ether oxygens (including phenoxy) is 1. The molecule has 0 saturated carbocycles. The van der Waals surface area contributed by atoms with Gasteiger partial charge in [0.15, 0.2) is 5.78 Å². The molecule has 3 nitrogen and oxygen atoms in total. The van der Waals surface area contributed by atoms with Crippen molar-refractivity contribution in [3.63, 3.8) is 0 Å². The standard InChI is InChI=1S/C14H19NO2S/c1-2-8-17-12-5-3-11(4-6-12)14(16)13-10-18-9-7-15-13/h3-6,13,15H,2,7-10H2,1H3. The second kappa shape index (κ2) is 6.81. The fraction of sp³-hybridized carbons (Fsp3) is 0.500. The molecule has 1 fully saturated rings. The van der Waals surface area contributed by atoms with Crippen LogP contribution in [0.15, 0.2) is 24.3 Å². The number of carbonyl (C=O) groups excluding carboxylic acids is 1. The number of benzene rings is 1. The van der Waals surface area contributed by atoms with Crippen molar-refractivity contribution in [1.29, 1.82) is 0 Å². The largest absolute Gasteiger partial charge is 0.494 e. The number of rotatable bonds is 5. The Morgan fingerprint density at radius 2 is 2.22 bits per heavy atom. The van der Waals surface area contributed by atoms with Crippen LogP contribution in [0, 0.1) is 0 Å². The van der Waals surface area contributed by atoms with Crippen molar-refractivity contribution >= 4 is 17.5 Å². The van der Waals surface area contributed by atoms with Gasteiger partial charge < -0.3 is 10.1 Å². The monoisotopic (exact) mass is 265 g/mol. The van der Waals surface area contributed by atoms with Gasteiger partial charge in [0.1, 0.15) is 5.75 Å². The molecular weight excluding hydrogens is 246 g/mol. The van der Waals surface area contributed by atoms with E-state index in [1.807, 2.05) is 36.0 Å². The Hall–Kier alpha value is -1.00. The molecule has 1 aliphatic heterocycles. The molecule has 0 aliphatic carbocycles. The molecule has 1 N–H and O–H groups in total. The fourth-order valence-electron chi connectivity index (χ4n) is 1.87. The molecule has 1 heterocycles. The predicted molar refractivity (Wildman–Crippen MR) is 75.7 cm³/mol. The normalized spacial score (nSPS) is 19.5. The van der Waals surface area contributed by atoms with E-state index in [4.69, 9.17) is 4.74 Å². The molecule has 0 aromatic heterocycles. The van der Waals surface area contributed by atoms with E-state index in [9.17, 15) is 4.79 Å². The minimum absolute atomic E-state index is 0.0360. The SMILES string of the molecule is CCCOc1ccc(C(=O)C2CSCCN2)cc1. The average Bonchev–Trinajstić information content (AvgIpc) is 2.46. The minimum atomic E-state index is -0.0360. The zero-order chi connectivity index (χ0) is 12.8. The molecule has 1 unspecified atom stereocenters. The summed E-state index contributed by atoms with van der Waals surface area (Å²) < 4.78 is 5.50. The van der Waals surface area contributed by atoms with Crippen LogP contribution >= 0.6 is 11.8 Å². The van der Waals surface area contributed by atoms with Gasteiger partial charge in [0.25, 0.3) is 0 Å². The summed E-state index contributed by atoms with van der Waals surface area (Å²) in [5.41, 5.74) is 0.763. The number of Topliss-reactive ketones (excluding diaryl/α,β-unsaturated/α-hetero) is 1. The van der Waals surface area contributed by atoms with Gasteiger partial charge in [-0.25, -0.2) is 0 Å². The van der Waals surface area contributed by atoms with Gasteiger partial charge in [0.2, 0.25) is 0 Å². The summed E-state index contributed by atoms with van der Waals surface area (Å²) in [7, 11) is 0. The topological polar surface area (TPSA) is 38.3 Å². The maximum Gasteiger partial charge on any atom is 0.180 e. The Morgan fingerprint density at radius 1 is 1.44 bits per heavy atom. The van der Waals surface area contributed by atoms with Crippen LogP contribution in [-0.2, 0) is 0 Å². The summed E-state index contributed by atoms with van der Waals surface area (Å²) in [5.74, 6) is 2.98. The molecule has 1 aliphatic rings. The molecule has 1 atom stereocenters. The van der Waals surface area contributed by atoms with Crippen LogP contribution < -0.4 is 10.1 Å². The van der Waals surface area contributed by atoms with E-state index in [-0.39, 0.29) is 11.8 Å². The highest BCUT2D eigenvalue weighted by Crippen LogP contribution is 2.16. The second-order valence-electron chi connectivity index (χ2n) is 4.32. The highest BCUT2D eigenvalue weighted by molar-refractivity contribution is 7.99. The number of nitrogens with one attached hydrogen (secondary N) is 1. The fourth-order valence-corrected chi connectivity index (χ4v) is 2.80. The molecule has 0 spiro atoms. The highest BCUT2D eigenvalue weighted by Gasteiger charge is 2.21. The molecule has 98 valence electrons. The zero-order valence-corrected chi connectivity index (χ0v) is 11.5. The third-order valence-corrected chi connectivity index (χ3v) is 3.91. The van der Waals surface area contributed by atoms with Crippen molar-refractivity contribution in [2.45, 2.75) is 19.4 Å². The Labute approximate surface area is 112 Å². The highest BCUT2D eigenvalue weighted by atomic mass is 32.2. The maximum atomic E-state index is 12.2. The van der Waals surface area contributed by atoms with Gasteiger partial charge in [-0.3, -0.25) is 4.79 Å². The van der Waals surface area contributed by atoms with Crippen LogP contribution in [0.5, 0.6) is 5.75 Å². The van der Waals surface area contributed by atoms with Crippen molar-refractivity contribution in [2.75, 3.05) is 24.7 Å². The molecule has 0 amide bonds. The lowest BCUT2D eigenvalue weighted by atomic mass is 10.1. The van der Waals surface area contributed by atoms with Crippen molar-refractivity contribution in [2.24, 2.45) is 0 Å². The lowest BCUT2D eigenvalue weighted by Gasteiger charge is -2.21. The van der Waals surface area contributed by atoms with Gasteiger partial charge in [-0.15, -0.1) is 0 Å². The van der Waals surface area contributed by atoms with Gasteiger partial charge in [0.05, 0.1) is 12.6 Å². The Bertz CT molecular complexity index is 385. The number of ketones is 1. The summed E-state index contributed by atoms with van der Waals surface area (Å²) >= 11 is 1.83. The van der Waals surface area contributed by atoms with E-state index >= 15 is 0 Å². The Balaban J connectivity index is 1.97. The van der Waals surface area contributed by atoms with Gasteiger partial charge in [0, 0.05) is 23.6 Å². The van der Waals surface area contributed by atoms with Crippen LogP contribution in [-0.4, -0.2) is 36.5 Å². The van der Waals surface area contributed by atoms with Gasteiger partial charge in [-0.2, -0.15) is 11.8 Å². The minimum Gasteiger partial charge on any atom is -0.494 e. The number of hydrogen-bond donors (Lipinski definition) is 1. The maximum absolute atomic E-state index is 12.2. The van der Waals surface area contributed by atoms with Crippen LogP contribution in [0.1, 0.15) is 23.7 Å². The molecule has 2 rings (SSSR count). The van der Waals surface area contributed by atoms with E-state index in [2.05, 4.69) is 12.2 Å². The quantitative estimate of drug-likeness (QED) is 0.830. The predicted octanol–water partition coefficient (Wildman–Crippen LogP) is 2.36. The van der Waals surface area contributed by atoms with Crippen molar-refractivity contribution in [3.8, 4) is 5.75 Å². The summed E-state index contributed by atoms with van der Waals surface area (Å²) in [6.07, 6.45) is 0.990. The van der Waals surface area contributed by atoms with Crippen LogP contribution in [0.2, 0.25) is 0 Å². The van der Waals surface area contributed by atoms with Gasteiger partial charge in [-0.05, 0) is 30.7 Å². The Morgan fingerprint density at radius 3 is 2.83 bits per heavy atom. The summed E-state index contributed by atoms with van der Waals surface area (Å²) in [5, 5.41) is 3.26. The van der Waals surface area contributed by atoms with E-state index in [0.29, 0.717) is 6.61 Å². The van der Waals surface area contributed by atoms with Crippen LogP contribution in [0.3, 0.4) is 0 Å². The smallest absolute Gasteiger partial charge is 0.180 e. The Kier molecular flexibility index (Phi) is 5.08. The summed E-state index contributed by atoms with van der Waals surface area (Å²) in [4.78, 5) is 12.2. The molecule has 1 saturated heterocycles. The molecular formula is C14H19NO2S. The molecule has 0 radical (unpaired) electrons. The average molecular weight is 265 g/mol. The first-order chi connectivity index (χ1) is 8.81. The number of thioether (sulfide) groups is 1. The summed E-state index contributed by atoms with van der Waals surface area (Å²) in [6, 6.07) is 7.42. The number of hydrogen-bond acceptors (Lipinski definition) is 4. The number of carbonyl (C=O) groups is 1. The van der Waals surface area contributed by atoms with Crippen molar-refractivity contribution < 1.29 is 9.53 Å². The van der Waals surface area contributed by atoms with Gasteiger partial charge >= 0.3 is 0 Å². The first-order valence-corrected chi connectivity index (χ1v) is 7.55. The summed E-state index contributed by atoms with van der Waals surface area (Å²) in [6.45, 7) is 3.71. The van der Waals surface area contributed by atoms with Crippen molar-refractivity contribution in [3.05, 3.63) is 29.8 Å². The van der Waals surface area contributed by atoms with E-state index in [1.165, 1.54) is 0 Å². The lowest BCUT2D eigenvalue weighted by Crippen LogP contribution is -2.43. The molecule has 1 aromatic rings. The van der Waals surface area contributed by atoms with Crippen molar-refractivity contribution in [1.82, 2.24) is 5.32 Å². The van der Waals surface area contributed by atoms with E-state index in [1.54, 1.807) is 0 Å². The third-order valence-electron chi connectivity index (χ3n) is 2.85. The molecule has 1 aromatic carbocycles. The van der Waals surface area contributed by atoms with Crippen LogP contribution in [0.4, 0.5) is 0 Å². The van der Waals surface area contributed by atoms with Crippen LogP contribution in [0.25, 0.3) is 0 Å². The zero-order valence-electron chi connectivity index (χ0n) is 10.6.